The van der Waals surface area contributed by atoms with Crippen molar-refractivity contribution in [2.45, 2.75) is 50.6 Å². The lowest BCUT2D eigenvalue weighted by Gasteiger charge is -2.31. The molecule has 4 heterocycles. The Morgan fingerprint density at radius 3 is 2.97 bits per heavy atom. The van der Waals surface area contributed by atoms with Crippen molar-refractivity contribution >= 4 is 56.1 Å². The number of likely N-dealkylation sites (N-methyl/N-ethyl adjacent to an activating group) is 1. The molecular weight excluding hydrogens is 547 g/mol. The molecule has 198 valence electrons. The largest absolute Gasteiger partial charge is 0.490 e. The molecule has 6 nitrogen and oxygen atoms in total. The Balaban J connectivity index is 1.62. The maximum Gasteiger partial charge on any atom is 0.490 e. The number of alkyl halides is 3. The number of anilines is 1. The minimum Gasteiger partial charge on any atom is -0.459 e. The van der Waals surface area contributed by atoms with E-state index in [1.807, 2.05) is 24.6 Å². The first kappa shape index (κ1) is 27.7. The number of esters is 1. The first-order valence-corrected chi connectivity index (χ1v) is 13.8. The fraction of sp³-hybridized carbons (Fsp3) is 0.440. The summed E-state index contributed by atoms with van der Waals surface area (Å²) in [7, 11) is 1.90. The highest BCUT2D eigenvalue weighted by Crippen LogP contribution is 2.43. The van der Waals surface area contributed by atoms with Gasteiger partial charge in [-0.25, -0.2) is 9.78 Å². The van der Waals surface area contributed by atoms with Crippen molar-refractivity contribution < 1.29 is 27.4 Å². The molecule has 1 aliphatic rings. The van der Waals surface area contributed by atoms with Crippen molar-refractivity contribution in [1.82, 2.24) is 10.3 Å². The number of hydrogen-bond acceptors (Lipinski definition) is 8. The lowest BCUT2D eigenvalue weighted by molar-refractivity contribution is -0.199. The van der Waals surface area contributed by atoms with E-state index in [-0.39, 0.29) is 31.6 Å². The van der Waals surface area contributed by atoms with Crippen LogP contribution in [0.5, 0.6) is 0 Å². The summed E-state index contributed by atoms with van der Waals surface area (Å²) in [5.41, 5.74) is 2.20. The number of ether oxygens (including phenoxy) is 2. The predicted molar refractivity (Wildman–Crippen MR) is 140 cm³/mol. The van der Waals surface area contributed by atoms with Gasteiger partial charge in [0.25, 0.3) is 0 Å². The van der Waals surface area contributed by atoms with Crippen LogP contribution in [0, 0.1) is 11.8 Å². The fourth-order valence-electron chi connectivity index (χ4n) is 3.99. The number of halogens is 4. The van der Waals surface area contributed by atoms with Gasteiger partial charge in [0, 0.05) is 36.6 Å². The third kappa shape index (κ3) is 6.94. The van der Waals surface area contributed by atoms with Crippen LogP contribution in [0.2, 0.25) is 5.15 Å². The second kappa shape index (κ2) is 12.5. The van der Waals surface area contributed by atoms with Gasteiger partial charge in [0.15, 0.2) is 0 Å². The summed E-state index contributed by atoms with van der Waals surface area (Å²) in [6.45, 7) is 0.905. The molecule has 0 aliphatic carbocycles. The number of thiophene rings is 2. The maximum absolute atomic E-state index is 12.3. The summed E-state index contributed by atoms with van der Waals surface area (Å²) < 4.78 is 48.2. The second-order valence-corrected chi connectivity index (χ2v) is 10.8. The zero-order valence-corrected chi connectivity index (χ0v) is 22.3. The zero-order chi connectivity index (χ0) is 26.4. The van der Waals surface area contributed by atoms with Gasteiger partial charge in [-0.3, -0.25) is 0 Å². The molecule has 1 aliphatic heterocycles. The van der Waals surface area contributed by atoms with E-state index in [4.69, 9.17) is 16.3 Å². The van der Waals surface area contributed by atoms with Crippen LogP contribution in [0.15, 0.2) is 23.6 Å². The highest BCUT2D eigenvalue weighted by molar-refractivity contribution is 7.20. The van der Waals surface area contributed by atoms with Crippen LogP contribution >= 0.6 is 34.3 Å². The van der Waals surface area contributed by atoms with Crippen LogP contribution in [0.3, 0.4) is 0 Å². The summed E-state index contributed by atoms with van der Waals surface area (Å²) in [6.07, 6.45) is -2.91. The molecule has 0 amide bonds. The van der Waals surface area contributed by atoms with E-state index >= 15 is 0 Å². The van der Waals surface area contributed by atoms with Crippen LogP contribution < -0.4 is 10.6 Å². The number of hydrogen-bond donors (Lipinski definition) is 2. The number of carbonyl (C=O) groups is 1. The van der Waals surface area contributed by atoms with Gasteiger partial charge in [-0.1, -0.05) is 29.5 Å². The van der Waals surface area contributed by atoms with Crippen molar-refractivity contribution in [3.63, 3.8) is 0 Å². The van der Waals surface area contributed by atoms with E-state index in [2.05, 4.69) is 32.2 Å². The first-order valence-electron chi connectivity index (χ1n) is 11.7. The quantitative estimate of drug-likeness (QED) is 0.143. The van der Waals surface area contributed by atoms with E-state index in [0.717, 1.165) is 28.1 Å². The first-order chi connectivity index (χ1) is 17.8. The van der Waals surface area contributed by atoms with Crippen LogP contribution in [0.1, 0.15) is 47.1 Å². The minimum atomic E-state index is -5.00. The molecule has 37 heavy (non-hydrogen) atoms. The Bertz CT molecular complexity index is 1290. The highest BCUT2D eigenvalue weighted by atomic mass is 35.5. The van der Waals surface area contributed by atoms with Gasteiger partial charge in [-0.05, 0) is 37.8 Å². The van der Waals surface area contributed by atoms with E-state index in [0.29, 0.717) is 29.4 Å². The Morgan fingerprint density at radius 2 is 2.24 bits per heavy atom. The number of rotatable bonds is 8. The lowest BCUT2D eigenvalue weighted by Crippen LogP contribution is -2.37. The van der Waals surface area contributed by atoms with E-state index in [1.165, 1.54) is 4.88 Å². The molecule has 1 fully saturated rings. The molecule has 4 rings (SSSR count). The number of pyridine rings is 1. The van der Waals surface area contributed by atoms with Crippen molar-refractivity contribution in [3.8, 4) is 11.8 Å². The van der Waals surface area contributed by atoms with E-state index in [9.17, 15) is 18.0 Å². The number of nitrogens with zero attached hydrogens (tertiary/aromatic N) is 1. The summed E-state index contributed by atoms with van der Waals surface area (Å²) in [5.74, 6) is 3.97. The molecule has 0 radical (unpaired) electrons. The van der Waals surface area contributed by atoms with Gasteiger partial charge in [0.1, 0.15) is 16.8 Å². The summed E-state index contributed by atoms with van der Waals surface area (Å²) in [4.78, 5) is 17.6. The molecule has 0 spiro atoms. The number of carbonyl (C=O) groups excluding carboxylic acids is 1. The summed E-state index contributed by atoms with van der Waals surface area (Å²) in [6, 6.07) is 5.94. The molecule has 2 atom stereocenters. The average molecular weight is 572 g/mol. The smallest absolute Gasteiger partial charge is 0.459 e. The Hall–Kier alpha value is -2.36. The molecule has 3 aromatic rings. The highest BCUT2D eigenvalue weighted by Gasteiger charge is 2.40. The third-order valence-corrected chi connectivity index (χ3v) is 8.09. The fourth-order valence-corrected chi connectivity index (χ4v) is 6.14. The van der Waals surface area contributed by atoms with Crippen LogP contribution in [0.4, 0.5) is 18.9 Å². The topological polar surface area (TPSA) is 72.5 Å². The van der Waals surface area contributed by atoms with Gasteiger partial charge >= 0.3 is 12.1 Å². The lowest BCUT2D eigenvalue weighted by atomic mass is 9.99. The number of unbranched alkanes of at least 4 members (excludes halogenated alkanes) is 1. The van der Waals surface area contributed by atoms with Gasteiger partial charge in [-0.2, -0.15) is 13.2 Å². The Labute approximate surface area is 225 Å². The molecule has 0 saturated carbocycles. The second-order valence-electron chi connectivity index (χ2n) is 8.31. The third-order valence-electron chi connectivity index (χ3n) is 5.75. The SMILES string of the molecule is CN[C@@H]1CCCO[C@H]1c1sc2c(NCc3cccs3)cc(Cl)nc2c1C#CCCCOC(=O)C(F)(F)F. The minimum absolute atomic E-state index is 0.0992. The Kier molecular flexibility index (Phi) is 9.31. The van der Waals surface area contributed by atoms with Crippen LogP contribution in [-0.4, -0.2) is 43.4 Å². The molecule has 3 aromatic heterocycles. The molecule has 0 unspecified atom stereocenters. The zero-order valence-electron chi connectivity index (χ0n) is 19.9. The number of fused-ring (bicyclic) bond motifs is 1. The molecule has 0 aromatic carbocycles. The average Bonchev–Trinajstić information content (AvgIpc) is 3.52. The molecule has 0 bridgehead atoms. The van der Waals surface area contributed by atoms with Gasteiger partial charge in [0.2, 0.25) is 0 Å². The van der Waals surface area contributed by atoms with E-state index in [1.54, 1.807) is 28.7 Å². The molecule has 2 N–H and O–H groups in total. The molecular formula is C25H25ClF3N3O3S2. The van der Waals surface area contributed by atoms with Gasteiger partial charge in [-0.15, -0.1) is 22.7 Å². The number of nitrogens with one attached hydrogen (secondary N) is 2. The normalized spacial score (nSPS) is 17.9. The van der Waals surface area contributed by atoms with Crippen molar-refractivity contribution in [2.24, 2.45) is 0 Å². The monoisotopic (exact) mass is 571 g/mol. The maximum atomic E-state index is 12.3. The van der Waals surface area contributed by atoms with Crippen molar-refractivity contribution in [1.29, 1.82) is 0 Å². The summed E-state index contributed by atoms with van der Waals surface area (Å²) >= 11 is 9.61. The molecule has 1 saturated heterocycles. The van der Waals surface area contributed by atoms with Gasteiger partial charge < -0.3 is 20.1 Å². The van der Waals surface area contributed by atoms with Crippen molar-refractivity contribution in [2.75, 3.05) is 25.6 Å². The van der Waals surface area contributed by atoms with Crippen LogP contribution in [-0.2, 0) is 20.8 Å². The van der Waals surface area contributed by atoms with Crippen molar-refractivity contribution in [3.05, 3.63) is 44.1 Å². The standard InChI is InChI=1S/C25H25ClF3N3O3S2/c1-30-17-9-5-11-34-21(17)22-16(8-3-2-4-10-35-24(33)25(27,28)29)20-23(37-22)18(13-19(26)32-20)31-14-15-7-6-12-36-15/h6-7,12-13,17,21,30H,2,4-5,9-11,14H2,1H3,(H,31,32)/t17-,21-/m1/s1. The van der Waals surface area contributed by atoms with Crippen LogP contribution in [0.25, 0.3) is 10.2 Å². The predicted octanol–water partition coefficient (Wildman–Crippen LogP) is 6.30. The molecule has 12 heteroatoms. The Morgan fingerprint density at radius 1 is 1.41 bits per heavy atom. The van der Waals surface area contributed by atoms with Gasteiger partial charge in [0.05, 0.1) is 27.4 Å². The van der Waals surface area contributed by atoms with E-state index < -0.39 is 12.1 Å². The number of aromatic nitrogens is 1. The summed E-state index contributed by atoms with van der Waals surface area (Å²) in [5, 5.41) is 9.13.